The quantitative estimate of drug-likeness (QED) is 0.622. The van der Waals surface area contributed by atoms with Crippen LogP contribution in [-0.4, -0.2) is 36.5 Å². The fraction of sp³-hybridized carbons (Fsp3) is 0.889. The molecular formula is C9H19N3O. The third-order valence-electron chi connectivity index (χ3n) is 2.88. The number of nitrogens with zero attached hydrogens (tertiary/aromatic N) is 1. The summed E-state index contributed by atoms with van der Waals surface area (Å²) in [4.78, 5) is 12.9. The van der Waals surface area contributed by atoms with Gasteiger partial charge in [0, 0.05) is 25.6 Å². The van der Waals surface area contributed by atoms with Crippen LogP contribution < -0.4 is 11.5 Å². The Bertz CT molecular complexity index is 184. The lowest BCUT2D eigenvalue weighted by Crippen LogP contribution is -2.39. The van der Waals surface area contributed by atoms with Gasteiger partial charge in [-0.05, 0) is 18.9 Å². The molecule has 0 aromatic heterocycles. The second-order valence-corrected chi connectivity index (χ2v) is 3.82. The van der Waals surface area contributed by atoms with E-state index in [0.29, 0.717) is 24.9 Å². The number of carbonyl (C=O) groups excluding carboxylic acids is 1. The minimum atomic E-state index is -0.227. The van der Waals surface area contributed by atoms with Gasteiger partial charge in [0.25, 0.3) is 0 Å². The highest BCUT2D eigenvalue weighted by atomic mass is 16.1. The van der Waals surface area contributed by atoms with Crippen molar-refractivity contribution in [2.24, 2.45) is 17.4 Å². The average Bonchev–Trinajstić information content (AvgIpc) is 2.42. The summed E-state index contributed by atoms with van der Waals surface area (Å²) in [5.41, 5.74) is 10.8. The highest BCUT2D eigenvalue weighted by Crippen LogP contribution is 2.22. The standard InChI is InChI=1S/C9H19N3O/c1-7-2-4-12(8(7)6-10)5-3-9(11)13/h7-8H,2-6,10H2,1H3,(H2,11,13). The summed E-state index contributed by atoms with van der Waals surface area (Å²) in [7, 11) is 0. The summed E-state index contributed by atoms with van der Waals surface area (Å²) in [5, 5.41) is 0. The number of hydrogen-bond donors (Lipinski definition) is 2. The van der Waals surface area contributed by atoms with Gasteiger partial charge in [0.1, 0.15) is 0 Å². The molecule has 76 valence electrons. The number of amides is 1. The molecule has 2 atom stereocenters. The molecule has 1 amide bonds. The lowest BCUT2D eigenvalue weighted by atomic mass is 10.0. The van der Waals surface area contributed by atoms with Gasteiger partial charge in [0.2, 0.25) is 5.91 Å². The summed E-state index contributed by atoms with van der Waals surface area (Å²) in [5.74, 6) is 0.424. The maximum absolute atomic E-state index is 10.6. The molecule has 0 saturated carbocycles. The van der Waals surface area contributed by atoms with Crippen molar-refractivity contribution in [3.8, 4) is 0 Å². The first-order valence-corrected chi connectivity index (χ1v) is 4.87. The molecule has 1 aliphatic rings. The number of hydrogen-bond acceptors (Lipinski definition) is 3. The lowest BCUT2D eigenvalue weighted by Gasteiger charge is -2.24. The van der Waals surface area contributed by atoms with E-state index >= 15 is 0 Å². The van der Waals surface area contributed by atoms with Crippen LogP contribution in [0.15, 0.2) is 0 Å². The third-order valence-corrected chi connectivity index (χ3v) is 2.88. The fourth-order valence-electron chi connectivity index (χ4n) is 2.00. The molecule has 4 nitrogen and oxygen atoms in total. The number of rotatable bonds is 4. The zero-order chi connectivity index (χ0) is 9.84. The average molecular weight is 185 g/mol. The van der Waals surface area contributed by atoms with Crippen LogP contribution in [0.5, 0.6) is 0 Å². The molecule has 1 aliphatic heterocycles. The van der Waals surface area contributed by atoms with E-state index in [4.69, 9.17) is 11.5 Å². The molecule has 1 rings (SSSR count). The van der Waals surface area contributed by atoms with Gasteiger partial charge >= 0.3 is 0 Å². The molecule has 1 heterocycles. The Kier molecular flexibility index (Phi) is 3.69. The van der Waals surface area contributed by atoms with Crippen LogP contribution in [-0.2, 0) is 4.79 Å². The van der Waals surface area contributed by atoms with E-state index in [9.17, 15) is 4.79 Å². The lowest BCUT2D eigenvalue weighted by molar-refractivity contribution is -0.118. The second kappa shape index (κ2) is 4.58. The molecular weight excluding hydrogens is 166 g/mol. The maximum Gasteiger partial charge on any atom is 0.218 e. The van der Waals surface area contributed by atoms with E-state index in [-0.39, 0.29) is 5.91 Å². The molecule has 1 fully saturated rings. The van der Waals surface area contributed by atoms with Crippen molar-refractivity contribution in [2.75, 3.05) is 19.6 Å². The highest BCUT2D eigenvalue weighted by Gasteiger charge is 2.29. The number of primary amides is 1. The smallest absolute Gasteiger partial charge is 0.218 e. The first-order valence-electron chi connectivity index (χ1n) is 4.87. The van der Waals surface area contributed by atoms with Crippen molar-refractivity contribution in [3.05, 3.63) is 0 Å². The van der Waals surface area contributed by atoms with Gasteiger partial charge in [-0.3, -0.25) is 9.69 Å². The van der Waals surface area contributed by atoms with Gasteiger partial charge in [0.05, 0.1) is 0 Å². The topological polar surface area (TPSA) is 72.3 Å². The van der Waals surface area contributed by atoms with Crippen LogP contribution in [0.4, 0.5) is 0 Å². The van der Waals surface area contributed by atoms with E-state index in [0.717, 1.165) is 13.1 Å². The first-order chi connectivity index (χ1) is 6.15. The van der Waals surface area contributed by atoms with Gasteiger partial charge < -0.3 is 11.5 Å². The number of carbonyl (C=O) groups is 1. The Morgan fingerprint density at radius 1 is 1.62 bits per heavy atom. The molecule has 0 bridgehead atoms. The summed E-state index contributed by atoms with van der Waals surface area (Å²) in [6.07, 6.45) is 1.63. The monoisotopic (exact) mass is 185 g/mol. The van der Waals surface area contributed by atoms with Crippen molar-refractivity contribution >= 4 is 5.91 Å². The summed E-state index contributed by atoms with van der Waals surface area (Å²) in [6.45, 7) is 4.71. The van der Waals surface area contributed by atoms with Crippen molar-refractivity contribution in [2.45, 2.75) is 25.8 Å². The van der Waals surface area contributed by atoms with E-state index < -0.39 is 0 Å². The van der Waals surface area contributed by atoms with E-state index in [1.807, 2.05) is 0 Å². The largest absolute Gasteiger partial charge is 0.370 e. The minimum absolute atomic E-state index is 0.227. The minimum Gasteiger partial charge on any atom is -0.370 e. The van der Waals surface area contributed by atoms with Crippen LogP contribution in [0, 0.1) is 5.92 Å². The number of nitrogens with two attached hydrogens (primary N) is 2. The Morgan fingerprint density at radius 2 is 2.31 bits per heavy atom. The van der Waals surface area contributed by atoms with Crippen molar-refractivity contribution in [3.63, 3.8) is 0 Å². The molecule has 0 spiro atoms. The molecule has 4 heteroatoms. The Morgan fingerprint density at radius 3 is 2.85 bits per heavy atom. The zero-order valence-electron chi connectivity index (χ0n) is 8.20. The molecule has 13 heavy (non-hydrogen) atoms. The van der Waals surface area contributed by atoms with E-state index in [1.165, 1.54) is 6.42 Å². The predicted molar refractivity (Wildman–Crippen MR) is 52.0 cm³/mol. The Balaban J connectivity index is 2.37. The highest BCUT2D eigenvalue weighted by molar-refractivity contribution is 5.73. The molecule has 4 N–H and O–H groups in total. The molecule has 0 aromatic rings. The molecule has 1 saturated heterocycles. The van der Waals surface area contributed by atoms with Crippen LogP contribution in [0.2, 0.25) is 0 Å². The van der Waals surface area contributed by atoms with E-state index in [2.05, 4.69) is 11.8 Å². The molecule has 0 aliphatic carbocycles. The van der Waals surface area contributed by atoms with E-state index in [1.54, 1.807) is 0 Å². The summed E-state index contributed by atoms with van der Waals surface area (Å²) >= 11 is 0. The SMILES string of the molecule is CC1CCN(CCC(N)=O)C1CN. The maximum atomic E-state index is 10.6. The van der Waals surface area contributed by atoms with Gasteiger partial charge in [-0.25, -0.2) is 0 Å². The van der Waals surface area contributed by atoms with Crippen molar-refractivity contribution in [1.82, 2.24) is 4.90 Å². The van der Waals surface area contributed by atoms with Gasteiger partial charge in [-0.2, -0.15) is 0 Å². The predicted octanol–water partition coefficient (Wildman–Crippen LogP) is -0.469. The number of likely N-dealkylation sites (tertiary alicyclic amines) is 1. The molecule has 0 radical (unpaired) electrons. The van der Waals surface area contributed by atoms with Crippen LogP contribution in [0.1, 0.15) is 19.8 Å². The van der Waals surface area contributed by atoms with Gasteiger partial charge in [-0.1, -0.05) is 6.92 Å². The third kappa shape index (κ3) is 2.67. The van der Waals surface area contributed by atoms with Crippen LogP contribution in [0.3, 0.4) is 0 Å². The fourth-order valence-corrected chi connectivity index (χ4v) is 2.00. The van der Waals surface area contributed by atoms with Gasteiger partial charge in [0.15, 0.2) is 0 Å². The molecule has 0 aromatic carbocycles. The van der Waals surface area contributed by atoms with Gasteiger partial charge in [-0.15, -0.1) is 0 Å². The second-order valence-electron chi connectivity index (χ2n) is 3.82. The first kappa shape index (κ1) is 10.5. The normalized spacial score (nSPS) is 29.4. The van der Waals surface area contributed by atoms with Crippen LogP contribution in [0.25, 0.3) is 0 Å². The molecule has 2 unspecified atom stereocenters. The van der Waals surface area contributed by atoms with Crippen molar-refractivity contribution < 1.29 is 4.79 Å². The van der Waals surface area contributed by atoms with Crippen molar-refractivity contribution in [1.29, 1.82) is 0 Å². The Hall–Kier alpha value is -0.610. The summed E-state index contributed by atoms with van der Waals surface area (Å²) in [6, 6.07) is 0.444. The van der Waals surface area contributed by atoms with Crippen LogP contribution >= 0.6 is 0 Å². The summed E-state index contributed by atoms with van der Waals surface area (Å²) < 4.78 is 0. The Labute approximate surface area is 79.3 Å². The zero-order valence-corrected chi connectivity index (χ0v) is 8.20.